The molecule has 0 saturated carbocycles. The van der Waals surface area contributed by atoms with Crippen LogP contribution in [0, 0.1) is 23.4 Å². The van der Waals surface area contributed by atoms with E-state index in [4.69, 9.17) is 14.2 Å². The quantitative estimate of drug-likeness (QED) is 0.542. The smallest absolute Gasteiger partial charge is 0.417 e. The summed E-state index contributed by atoms with van der Waals surface area (Å²) in [5.41, 5.74) is -3.66. The standard InChI is InChI=1S/C25H27F6N3O4/c1-12-18(13-6-7-14(26)19(28)20(13)36-5)21(38-23(12,2)25(29,30)31)22(35)33-16-8-17(32-9-15(16)27)24(34(3)4)10-37-11-24/h6-9,12,18,21H,10-11H2,1-5H3,(H,32,33,35)/t12-,18-,21+,23+/m0/s1. The molecule has 1 aromatic carbocycles. The number of rotatable bonds is 6. The number of anilines is 1. The molecule has 0 spiro atoms. The van der Waals surface area contributed by atoms with Gasteiger partial charge in [0.25, 0.3) is 5.91 Å². The number of hydrogen-bond acceptors (Lipinski definition) is 6. The number of methoxy groups -OCH3 is 1. The highest BCUT2D eigenvalue weighted by Crippen LogP contribution is 2.55. The van der Waals surface area contributed by atoms with Crippen molar-refractivity contribution < 1.29 is 45.3 Å². The predicted octanol–water partition coefficient (Wildman–Crippen LogP) is 4.37. The van der Waals surface area contributed by atoms with Crippen LogP contribution in [-0.4, -0.2) is 68.1 Å². The molecule has 7 nitrogen and oxygen atoms in total. The normalized spacial score (nSPS) is 26.8. The number of carbonyl (C=O) groups excluding carboxylic acids is 1. The maximum atomic E-state index is 14.7. The van der Waals surface area contributed by atoms with Crippen molar-refractivity contribution in [1.82, 2.24) is 9.88 Å². The Balaban J connectivity index is 1.75. The fraction of sp³-hybridized carbons (Fsp3) is 0.520. The lowest BCUT2D eigenvalue weighted by Crippen LogP contribution is -2.57. The summed E-state index contributed by atoms with van der Waals surface area (Å²) in [6.07, 6.45) is -5.90. The highest BCUT2D eigenvalue weighted by molar-refractivity contribution is 5.95. The Morgan fingerprint density at radius 3 is 2.37 bits per heavy atom. The first-order chi connectivity index (χ1) is 17.7. The van der Waals surface area contributed by atoms with Gasteiger partial charge in [-0.3, -0.25) is 14.7 Å². The molecule has 3 heterocycles. The number of halogens is 6. The van der Waals surface area contributed by atoms with Crippen molar-refractivity contribution in [3.05, 3.63) is 53.1 Å². The molecule has 0 aliphatic carbocycles. The molecular formula is C25H27F6N3O4. The van der Waals surface area contributed by atoms with Crippen molar-refractivity contribution in [2.24, 2.45) is 5.92 Å². The van der Waals surface area contributed by atoms with Gasteiger partial charge in [-0.2, -0.15) is 17.6 Å². The Morgan fingerprint density at radius 1 is 1.18 bits per heavy atom. The molecular weight excluding hydrogens is 520 g/mol. The third kappa shape index (κ3) is 4.30. The van der Waals surface area contributed by atoms with Gasteiger partial charge in [0.15, 0.2) is 23.0 Å². The number of amides is 1. The van der Waals surface area contributed by atoms with Gasteiger partial charge in [0.1, 0.15) is 11.6 Å². The zero-order valence-corrected chi connectivity index (χ0v) is 21.3. The molecule has 2 aromatic rings. The van der Waals surface area contributed by atoms with Crippen LogP contribution in [0.1, 0.15) is 31.0 Å². The number of pyridine rings is 1. The molecule has 2 fully saturated rings. The first-order valence-electron chi connectivity index (χ1n) is 11.7. The van der Waals surface area contributed by atoms with Crippen LogP contribution in [0.15, 0.2) is 24.4 Å². The molecule has 0 radical (unpaired) electrons. The number of hydrogen-bond donors (Lipinski definition) is 1. The molecule has 4 rings (SSSR count). The summed E-state index contributed by atoms with van der Waals surface area (Å²) < 4.78 is 101. The fourth-order valence-electron chi connectivity index (χ4n) is 4.96. The average molecular weight is 547 g/mol. The molecule has 38 heavy (non-hydrogen) atoms. The van der Waals surface area contributed by atoms with Crippen molar-refractivity contribution in [2.45, 2.75) is 43.2 Å². The van der Waals surface area contributed by atoms with Gasteiger partial charge in [0.05, 0.1) is 37.9 Å². The minimum atomic E-state index is -4.93. The van der Waals surface area contributed by atoms with Gasteiger partial charge in [0, 0.05) is 17.4 Å². The molecule has 0 unspecified atom stereocenters. The first kappa shape index (κ1) is 28.1. The third-order valence-electron chi connectivity index (χ3n) is 7.70. The number of likely N-dealkylation sites (N-methyl/N-ethyl adjacent to an activating group) is 1. The van der Waals surface area contributed by atoms with Gasteiger partial charge in [0.2, 0.25) is 5.82 Å². The van der Waals surface area contributed by atoms with Crippen molar-refractivity contribution in [2.75, 3.05) is 39.7 Å². The minimum absolute atomic E-state index is 0.193. The Bertz CT molecular complexity index is 1240. The Kier molecular flexibility index (Phi) is 7.17. The lowest BCUT2D eigenvalue weighted by molar-refractivity contribution is -0.272. The summed E-state index contributed by atoms with van der Waals surface area (Å²) >= 11 is 0. The Hall–Kier alpha value is -2.90. The number of aromatic nitrogens is 1. The number of nitrogens with zero attached hydrogens (tertiary/aromatic N) is 2. The van der Waals surface area contributed by atoms with E-state index in [1.165, 1.54) is 13.0 Å². The minimum Gasteiger partial charge on any atom is -0.493 e. The highest BCUT2D eigenvalue weighted by Gasteiger charge is 2.66. The van der Waals surface area contributed by atoms with E-state index in [0.29, 0.717) is 5.69 Å². The molecule has 2 saturated heterocycles. The summed E-state index contributed by atoms with van der Waals surface area (Å²) in [4.78, 5) is 19.3. The van der Waals surface area contributed by atoms with E-state index in [1.54, 1.807) is 14.1 Å². The molecule has 13 heteroatoms. The number of benzene rings is 1. The largest absolute Gasteiger partial charge is 0.493 e. The van der Waals surface area contributed by atoms with Gasteiger partial charge >= 0.3 is 6.18 Å². The number of carbonyl (C=O) groups is 1. The van der Waals surface area contributed by atoms with E-state index in [9.17, 15) is 31.1 Å². The topological polar surface area (TPSA) is 72.9 Å². The first-order valence-corrected chi connectivity index (χ1v) is 11.7. The van der Waals surface area contributed by atoms with E-state index in [0.717, 1.165) is 32.4 Å². The maximum absolute atomic E-state index is 14.7. The van der Waals surface area contributed by atoms with Crippen molar-refractivity contribution in [3.8, 4) is 5.75 Å². The molecule has 0 bridgehead atoms. The fourth-order valence-corrected chi connectivity index (χ4v) is 4.96. The van der Waals surface area contributed by atoms with Crippen LogP contribution in [0.2, 0.25) is 0 Å². The monoisotopic (exact) mass is 547 g/mol. The molecule has 1 amide bonds. The number of nitrogens with one attached hydrogen (secondary N) is 1. The predicted molar refractivity (Wildman–Crippen MR) is 123 cm³/mol. The van der Waals surface area contributed by atoms with Crippen molar-refractivity contribution in [1.29, 1.82) is 0 Å². The average Bonchev–Trinajstić information content (AvgIpc) is 3.08. The maximum Gasteiger partial charge on any atom is 0.417 e. The third-order valence-corrected chi connectivity index (χ3v) is 7.70. The molecule has 4 atom stereocenters. The summed E-state index contributed by atoms with van der Waals surface area (Å²) in [6.45, 7) is 2.48. The van der Waals surface area contributed by atoms with Gasteiger partial charge < -0.3 is 19.5 Å². The zero-order valence-electron chi connectivity index (χ0n) is 21.3. The zero-order chi connectivity index (χ0) is 28.2. The van der Waals surface area contributed by atoms with Crippen LogP contribution in [0.25, 0.3) is 0 Å². The molecule has 208 valence electrons. The lowest BCUT2D eigenvalue weighted by atomic mass is 9.77. The van der Waals surface area contributed by atoms with Crippen LogP contribution >= 0.6 is 0 Å². The van der Waals surface area contributed by atoms with Gasteiger partial charge in [-0.25, -0.2) is 8.78 Å². The van der Waals surface area contributed by atoms with Crippen LogP contribution < -0.4 is 10.1 Å². The van der Waals surface area contributed by atoms with Crippen LogP contribution in [0.3, 0.4) is 0 Å². The van der Waals surface area contributed by atoms with Crippen LogP contribution in [-0.2, 0) is 19.8 Å². The second kappa shape index (κ2) is 9.69. The number of alkyl halides is 3. The van der Waals surface area contributed by atoms with Crippen molar-refractivity contribution >= 4 is 11.6 Å². The SMILES string of the molecule is COc1c([C@H]2[C@H](C(=O)Nc3cc(C4(N(C)C)COC4)ncc3F)O[C@@](C)(C(F)(F)F)[C@H]2C)ccc(F)c1F. The summed E-state index contributed by atoms with van der Waals surface area (Å²) in [7, 11) is 4.58. The van der Waals surface area contributed by atoms with Gasteiger partial charge in [-0.15, -0.1) is 0 Å². The van der Waals surface area contributed by atoms with Crippen LogP contribution in [0.5, 0.6) is 5.75 Å². The molecule has 2 aliphatic heterocycles. The number of ether oxygens (including phenoxy) is 3. The van der Waals surface area contributed by atoms with E-state index >= 15 is 0 Å². The van der Waals surface area contributed by atoms with Gasteiger partial charge in [-0.05, 0) is 33.2 Å². The summed E-state index contributed by atoms with van der Waals surface area (Å²) in [6, 6.07) is 3.06. The van der Waals surface area contributed by atoms with Crippen LogP contribution in [0.4, 0.5) is 32.0 Å². The molecule has 2 aliphatic rings. The van der Waals surface area contributed by atoms with E-state index < -0.39 is 64.4 Å². The second-order valence-electron chi connectivity index (χ2n) is 9.90. The lowest BCUT2D eigenvalue weighted by Gasteiger charge is -2.46. The summed E-state index contributed by atoms with van der Waals surface area (Å²) in [5.74, 6) is -8.26. The summed E-state index contributed by atoms with van der Waals surface area (Å²) in [5, 5.41) is 2.31. The van der Waals surface area contributed by atoms with E-state index in [2.05, 4.69) is 10.3 Å². The molecule has 1 N–H and O–H groups in total. The second-order valence-corrected chi connectivity index (χ2v) is 9.90. The Morgan fingerprint density at radius 2 is 1.84 bits per heavy atom. The van der Waals surface area contributed by atoms with E-state index in [-0.39, 0.29) is 24.5 Å². The highest BCUT2D eigenvalue weighted by atomic mass is 19.4. The van der Waals surface area contributed by atoms with Crippen molar-refractivity contribution in [3.63, 3.8) is 0 Å². The molecule has 1 aromatic heterocycles. The Labute approximate surface area is 215 Å². The van der Waals surface area contributed by atoms with Gasteiger partial charge in [-0.1, -0.05) is 13.0 Å². The van der Waals surface area contributed by atoms with E-state index in [1.807, 2.05) is 4.90 Å².